The first-order valence-electron chi connectivity index (χ1n) is 7.12. The molecule has 1 saturated heterocycles. The highest BCUT2D eigenvalue weighted by molar-refractivity contribution is 5.78. The maximum absolute atomic E-state index is 11.9. The van der Waals surface area contributed by atoms with Crippen LogP contribution in [0.3, 0.4) is 0 Å². The number of carbonyl (C=O) groups is 1. The molecule has 1 aromatic carbocycles. The van der Waals surface area contributed by atoms with Gasteiger partial charge in [0.25, 0.3) is 0 Å². The number of amides is 1. The van der Waals surface area contributed by atoms with Crippen LogP contribution in [-0.4, -0.2) is 25.0 Å². The minimum absolute atomic E-state index is 0.106. The zero-order valence-electron chi connectivity index (χ0n) is 11.9. The Bertz CT molecular complexity index is 414. The molecule has 2 rings (SSSR count). The summed E-state index contributed by atoms with van der Waals surface area (Å²) in [4.78, 5) is 11.9. The SMILES string of the molecule is CC1(C)CCCNC1CNC(=O)Cc1ccccc1. The van der Waals surface area contributed by atoms with Crippen LogP contribution in [0, 0.1) is 5.41 Å². The second-order valence-electron chi connectivity index (χ2n) is 6.07. The molecule has 19 heavy (non-hydrogen) atoms. The van der Waals surface area contributed by atoms with Crippen LogP contribution >= 0.6 is 0 Å². The summed E-state index contributed by atoms with van der Waals surface area (Å²) >= 11 is 0. The highest BCUT2D eigenvalue weighted by atomic mass is 16.1. The summed E-state index contributed by atoms with van der Waals surface area (Å²) in [5.74, 6) is 0.106. The summed E-state index contributed by atoms with van der Waals surface area (Å²) in [6.45, 7) is 6.32. The van der Waals surface area contributed by atoms with Gasteiger partial charge in [0.05, 0.1) is 6.42 Å². The van der Waals surface area contributed by atoms with E-state index in [1.54, 1.807) is 0 Å². The second kappa shape index (κ2) is 6.20. The van der Waals surface area contributed by atoms with Gasteiger partial charge in [-0.05, 0) is 30.4 Å². The summed E-state index contributed by atoms with van der Waals surface area (Å²) in [5.41, 5.74) is 1.33. The van der Waals surface area contributed by atoms with Gasteiger partial charge in [-0.25, -0.2) is 0 Å². The van der Waals surface area contributed by atoms with Crippen molar-refractivity contribution in [2.75, 3.05) is 13.1 Å². The van der Waals surface area contributed by atoms with Gasteiger partial charge in [0.2, 0.25) is 5.91 Å². The van der Waals surface area contributed by atoms with E-state index >= 15 is 0 Å². The number of hydrogen-bond donors (Lipinski definition) is 2. The highest BCUT2D eigenvalue weighted by Crippen LogP contribution is 2.29. The molecule has 1 unspecified atom stereocenters. The van der Waals surface area contributed by atoms with Crippen molar-refractivity contribution in [1.29, 1.82) is 0 Å². The van der Waals surface area contributed by atoms with Crippen molar-refractivity contribution in [1.82, 2.24) is 10.6 Å². The summed E-state index contributed by atoms with van der Waals surface area (Å²) in [7, 11) is 0. The van der Waals surface area contributed by atoms with E-state index in [-0.39, 0.29) is 11.3 Å². The van der Waals surface area contributed by atoms with Gasteiger partial charge in [0.15, 0.2) is 0 Å². The lowest BCUT2D eigenvalue weighted by Gasteiger charge is -2.39. The van der Waals surface area contributed by atoms with Crippen molar-refractivity contribution in [3.63, 3.8) is 0 Å². The van der Waals surface area contributed by atoms with Crippen molar-refractivity contribution < 1.29 is 4.79 Å². The molecule has 0 saturated carbocycles. The average Bonchev–Trinajstić information content (AvgIpc) is 2.38. The van der Waals surface area contributed by atoms with Crippen LogP contribution in [0.5, 0.6) is 0 Å². The molecule has 0 aliphatic carbocycles. The predicted octanol–water partition coefficient (Wildman–Crippen LogP) is 2.12. The minimum atomic E-state index is 0.106. The zero-order valence-corrected chi connectivity index (χ0v) is 11.9. The molecule has 0 radical (unpaired) electrons. The number of rotatable bonds is 4. The fraction of sp³-hybridized carbons (Fsp3) is 0.562. The van der Waals surface area contributed by atoms with Gasteiger partial charge in [0, 0.05) is 12.6 Å². The van der Waals surface area contributed by atoms with Gasteiger partial charge < -0.3 is 10.6 Å². The largest absolute Gasteiger partial charge is 0.354 e. The first-order valence-corrected chi connectivity index (χ1v) is 7.12. The van der Waals surface area contributed by atoms with E-state index in [9.17, 15) is 4.79 Å². The van der Waals surface area contributed by atoms with Gasteiger partial charge in [0.1, 0.15) is 0 Å². The number of piperidine rings is 1. The molecule has 104 valence electrons. The number of nitrogens with one attached hydrogen (secondary N) is 2. The Morgan fingerprint density at radius 2 is 2.11 bits per heavy atom. The fourth-order valence-corrected chi connectivity index (χ4v) is 2.68. The summed E-state index contributed by atoms with van der Waals surface area (Å²) in [6.07, 6.45) is 2.91. The lowest BCUT2D eigenvalue weighted by molar-refractivity contribution is -0.120. The minimum Gasteiger partial charge on any atom is -0.354 e. The monoisotopic (exact) mass is 260 g/mol. The fourth-order valence-electron chi connectivity index (χ4n) is 2.68. The van der Waals surface area contributed by atoms with E-state index in [4.69, 9.17) is 0 Å². The molecule has 2 N–H and O–H groups in total. The van der Waals surface area contributed by atoms with Crippen LogP contribution in [0.25, 0.3) is 0 Å². The molecule has 1 aliphatic heterocycles. The third kappa shape index (κ3) is 4.06. The van der Waals surface area contributed by atoms with Gasteiger partial charge in [-0.3, -0.25) is 4.79 Å². The molecule has 1 heterocycles. The van der Waals surface area contributed by atoms with E-state index in [2.05, 4.69) is 24.5 Å². The van der Waals surface area contributed by atoms with E-state index in [1.807, 2.05) is 30.3 Å². The lowest BCUT2D eigenvalue weighted by atomic mass is 9.77. The van der Waals surface area contributed by atoms with E-state index < -0.39 is 0 Å². The van der Waals surface area contributed by atoms with Crippen LogP contribution in [0.4, 0.5) is 0 Å². The van der Waals surface area contributed by atoms with Gasteiger partial charge in [-0.2, -0.15) is 0 Å². The maximum atomic E-state index is 11.9. The normalized spacial score (nSPS) is 21.9. The molecule has 1 aromatic rings. The van der Waals surface area contributed by atoms with Crippen molar-refractivity contribution in [3.8, 4) is 0 Å². The first-order chi connectivity index (χ1) is 9.08. The Hall–Kier alpha value is -1.35. The van der Waals surface area contributed by atoms with E-state index in [0.717, 1.165) is 18.7 Å². The average molecular weight is 260 g/mol. The third-order valence-corrected chi connectivity index (χ3v) is 4.04. The van der Waals surface area contributed by atoms with Crippen molar-refractivity contribution in [2.45, 2.75) is 39.2 Å². The van der Waals surface area contributed by atoms with E-state index in [0.29, 0.717) is 12.5 Å². The standard InChI is InChI=1S/C16H24N2O/c1-16(2)9-6-10-17-14(16)12-18-15(19)11-13-7-4-3-5-8-13/h3-5,7-8,14,17H,6,9-12H2,1-2H3,(H,18,19). The third-order valence-electron chi connectivity index (χ3n) is 4.04. The second-order valence-corrected chi connectivity index (χ2v) is 6.07. The quantitative estimate of drug-likeness (QED) is 0.870. The van der Waals surface area contributed by atoms with Gasteiger partial charge in [-0.1, -0.05) is 44.2 Å². The Morgan fingerprint density at radius 3 is 2.79 bits per heavy atom. The Kier molecular flexibility index (Phi) is 4.59. The van der Waals surface area contributed by atoms with Crippen LogP contribution < -0.4 is 10.6 Å². The highest BCUT2D eigenvalue weighted by Gasteiger charge is 2.31. The molecular weight excluding hydrogens is 236 g/mol. The summed E-state index contributed by atoms with van der Waals surface area (Å²) in [6, 6.07) is 10.3. The topological polar surface area (TPSA) is 41.1 Å². The van der Waals surface area contributed by atoms with Gasteiger partial charge in [-0.15, -0.1) is 0 Å². The van der Waals surface area contributed by atoms with Crippen molar-refractivity contribution in [3.05, 3.63) is 35.9 Å². The molecule has 0 bridgehead atoms. The molecule has 3 nitrogen and oxygen atoms in total. The smallest absolute Gasteiger partial charge is 0.224 e. The molecule has 1 fully saturated rings. The molecule has 1 aliphatic rings. The van der Waals surface area contributed by atoms with Gasteiger partial charge >= 0.3 is 0 Å². The Labute approximate surface area is 115 Å². The molecule has 0 spiro atoms. The molecule has 0 aromatic heterocycles. The zero-order chi connectivity index (χ0) is 13.7. The Balaban J connectivity index is 1.80. The summed E-state index contributed by atoms with van der Waals surface area (Å²) in [5, 5.41) is 6.57. The van der Waals surface area contributed by atoms with Crippen molar-refractivity contribution >= 4 is 5.91 Å². The van der Waals surface area contributed by atoms with Crippen LogP contribution in [0.15, 0.2) is 30.3 Å². The van der Waals surface area contributed by atoms with E-state index in [1.165, 1.54) is 12.8 Å². The molecule has 1 amide bonds. The van der Waals surface area contributed by atoms with Crippen LogP contribution in [-0.2, 0) is 11.2 Å². The number of benzene rings is 1. The number of hydrogen-bond acceptors (Lipinski definition) is 2. The summed E-state index contributed by atoms with van der Waals surface area (Å²) < 4.78 is 0. The van der Waals surface area contributed by atoms with Crippen LogP contribution in [0.1, 0.15) is 32.3 Å². The predicted molar refractivity (Wildman–Crippen MR) is 78.0 cm³/mol. The first kappa shape index (κ1) is 14.1. The van der Waals surface area contributed by atoms with Crippen molar-refractivity contribution in [2.24, 2.45) is 5.41 Å². The maximum Gasteiger partial charge on any atom is 0.224 e. The molecule has 1 atom stereocenters. The Morgan fingerprint density at radius 1 is 1.37 bits per heavy atom. The molecule has 3 heteroatoms. The van der Waals surface area contributed by atoms with Crippen LogP contribution in [0.2, 0.25) is 0 Å². The molecular formula is C16H24N2O. The lowest BCUT2D eigenvalue weighted by Crippen LogP contribution is -2.52. The number of carbonyl (C=O) groups excluding carboxylic acids is 1.